The second-order valence-electron chi connectivity index (χ2n) is 4.71. The average Bonchev–Trinajstić information content (AvgIpc) is 2.85. The second kappa shape index (κ2) is 5.57. The van der Waals surface area contributed by atoms with Gasteiger partial charge in [0.2, 0.25) is 0 Å². The third-order valence-corrected chi connectivity index (χ3v) is 3.37. The highest BCUT2D eigenvalue weighted by Gasteiger charge is 2.06. The van der Waals surface area contributed by atoms with Gasteiger partial charge in [-0.3, -0.25) is 4.79 Å². The number of allylic oxidation sites excluding steroid dienone is 1. The molecule has 0 unspecified atom stereocenters. The predicted molar refractivity (Wildman–Crippen MR) is 82.6 cm³/mol. The first-order valence-corrected chi connectivity index (χ1v) is 6.62. The molecule has 0 radical (unpaired) electrons. The summed E-state index contributed by atoms with van der Waals surface area (Å²) in [6.07, 6.45) is 6.30. The summed E-state index contributed by atoms with van der Waals surface area (Å²) in [6, 6.07) is 18.6. The lowest BCUT2D eigenvalue weighted by molar-refractivity contribution is -0.104. The zero-order valence-electron chi connectivity index (χ0n) is 11.1. The molecular weight excluding hydrogens is 246 g/mol. The van der Waals surface area contributed by atoms with Gasteiger partial charge in [0.05, 0.1) is 0 Å². The lowest BCUT2D eigenvalue weighted by Crippen LogP contribution is -1.97. The van der Waals surface area contributed by atoms with E-state index >= 15 is 0 Å². The van der Waals surface area contributed by atoms with Gasteiger partial charge in [-0.1, -0.05) is 48.5 Å². The molecule has 0 bridgehead atoms. The van der Waals surface area contributed by atoms with Crippen LogP contribution in [-0.2, 0) is 11.3 Å². The molecule has 0 N–H and O–H groups in total. The summed E-state index contributed by atoms with van der Waals surface area (Å²) in [5.74, 6) is 0. The zero-order chi connectivity index (χ0) is 13.8. The van der Waals surface area contributed by atoms with E-state index in [1.165, 1.54) is 22.5 Å². The number of aldehydes is 1. The van der Waals surface area contributed by atoms with Crippen LogP contribution in [0.1, 0.15) is 11.1 Å². The molecule has 3 rings (SSSR count). The van der Waals surface area contributed by atoms with E-state index in [9.17, 15) is 4.79 Å². The van der Waals surface area contributed by atoms with Crippen molar-refractivity contribution in [3.05, 3.63) is 78.0 Å². The van der Waals surface area contributed by atoms with Gasteiger partial charge in [0.25, 0.3) is 0 Å². The first-order valence-electron chi connectivity index (χ1n) is 6.62. The highest BCUT2D eigenvalue weighted by molar-refractivity contribution is 5.91. The molecule has 1 heterocycles. The summed E-state index contributed by atoms with van der Waals surface area (Å²) in [4.78, 5) is 10.5. The smallest absolute Gasteiger partial charge is 0.142 e. The highest BCUT2D eigenvalue weighted by atomic mass is 16.1. The van der Waals surface area contributed by atoms with E-state index in [1.54, 1.807) is 0 Å². The number of benzene rings is 2. The van der Waals surface area contributed by atoms with E-state index < -0.39 is 0 Å². The number of hydrogen-bond donors (Lipinski definition) is 0. The van der Waals surface area contributed by atoms with Crippen LogP contribution in [0, 0.1) is 0 Å². The maximum atomic E-state index is 10.5. The Morgan fingerprint density at radius 2 is 1.70 bits per heavy atom. The molecule has 98 valence electrons. The van der Waals surface area contributed by atoms with Gasteiger partial charge in [0.1, 0.15) is 6.29 Å². The first kappa shape index (κ1) is 12.4. The quantitative estimate of drug-likeness (QED) is 0.515. The lowest BCUT2D eigenvalue weighted by atomic mass is 10.1. The number of aromatic nitrogens is 1. The molecule has 0 aliphatic rings. The molecule has 0 fully saturated rings. The molecule has 20 heavy (non-hydrogen) atoms. The molecule has 2 aromatic carbocycles. The number of carbonyl (C=O) groups is 1. The van der Waals surface area contributed by atoms with Crippen LogP contribution in [0.15, 0.2) is 66.9 Å². The van der Waals surface area contributed by atoms with Crippen molar-refractivity contribution in [1.29, 1.82) is 0 Å². The lowest BCUT2D eigenvalue weighted by Gasteiger charge is -2.05. The molecule has 3 aromatic rings. The van der Waals surface area contributed by atoms with Crippen LogP contribution in [-0.4, -0.2) is 10.9 Å². The van der Waals surface area contributed by atoms with Crippen LogP contribution in [0.5, 0.6) is 0 Å². The number of nitrogens with zero attached hydrogens (tertiary/aromatic N) is 1. The van der Waals surface area contributed by atoms with Gasteiger partial charge >= 0.3 is 0 Å². The molecule has 2 heteroatoms. The summed E-state index contributed by atoms with van der Waals surface area (Å²) in [5, 5.41) is 1.17. The van der Waals surface area contributed by atoms with Crippen molar-refractivity contribution in [2.45, 2.75) is 6.54 Å². The normalized spacial score (nSPS) is 11.2. The van der Waals surface area contributed by atoms with Gasteiger partial charge in [-0.05, 0) is 23.8 Å². The van der Waals surface area contributed by atoms with E-state index in [0.717, 1.165) is 18.4 Å². The second-order valence-corrected chi connectivity index (χ2v) is 4.71. The molecule has 0 atom stereocenters. The van der Waals surface area contributed by atoms with Crippen molar-refractivity contribution in [2.24, 2.45) is 0 Å². The Morgan fingerprint density at radius 1 is 0.950 bits per heavy atom. The molecule has 0 amide bonds. The van der Waals surface area contributed by atoms with Crippen LogP contribution >= 0.6 is 0 Å². The Bertz CT molecular complexity index is 753. The molecule has 0 aliphatic heterocycles. The molecule has 0 aliphatic carbocycles. The minimum atomic E-state index is 0.809. The predicted octanol–water partition coefficient (Wildman–Crippen LogP) is 3.90. The minimum Gasteiger partial charge on any atom is -0.342 e. The van der Waals surface area contributed by atoms with E-state index in [-0.39, 0.29) is 0 Å². The summed E-state index contributed by atoms with van der Waals surface area (Å²) in [7, 11) is 0. The van der Waals surface area contributed by atoms with Crippen molar-refractivity contribution >= 4 is 23.3 Å². The minimum absolute atomic E-state index is 0.809. The molecule has 1 aromatic heterocycles. The fraction of sp³-hybridized carbons (Fsp3) is 0.0556. The summed E-state index contributed by atoms with van der Waals surface area (Å²) in [5.41, 5.74) is 3.52. The first-order chi connectivity index (χ1) is 9.88. The third-order valence-electron chi connectivity index (χ3n) is 3.37. The number of para-hydroxylation sites is 1. The van der Waals surface area contributed by atoms with Crippen LogP contribution < -0.4 is 0 Å². The summed E-state index contributed by atoms with van der Waals surface area (Å²) in [6.45, 7) is 0.830. The molecule has 0 saturated carbocycles. The molecule has 0 saturated heterocycles. The summed E-state index contributed by atoms with van der Waals surface area (Å²) < 4.78 is 2.22. The molecule has 0 spiro atoms. The van der Waals surface area contributed by atoms with Gasteiger partial charge in [-0.25, -0.2) is 0 Å². The fourth-order valence-electron chi connectivity index (χ4n) is 2.46. The van der Waals surface area contributed by atoms with Gasteiger partial charge in [0, 0.05) is 29.2 Å². The van der Waals surface area contributed by atoms with Crippen molar-refractivity contribution in [2.75, 3.05) is 0 Å². The number of carbonyl (C=O) groups excluding carboxylic acids is 1. The fourth-order valence-corrected chi connectivity index (χ4v) is 2.46. The topological polar surface area (TPSA) is 22.0 Å². The highest BCUT2D eigenvalue weighted by Crippen LogP contribution is 2.23. The van der Waals surface area contributed by atoms with Crippen molar-refractivity contribution in [3.63, 3.8) is 0 Å². The molecule has 2 nitrogen and oxygen atoms in total. The van der Waals surface area contributed by atoms with E-state index in [2.05, 4.69) is 35.0 Å². The van der Waals surface area contributed by atoms with Crippen LogP contribution in [0.4, 0.5) is 0 Å². The Labute approximate surface area is 118 Å². The Morgan fingerprint density at radius 3 is 2.50 bits per heavy atom. The largest absolute Gasteiger partial charge is 0.342 e. The maximum absolute atomic E-state index is 10.5. The number of rotatable bonds is 4. The van der Waals surface area contributed by atoms with E-state index in [4.69, 9.17) is 0 Å². The van der Waals surface area contributed by atoms with Crippen molar-refractivity contribution in [1.82, 2.24) is 4.57 Å². The summed E-state index contributed by atoms with van der Waals surface area (Å²) >= 11 is 0. The number of hydrogen-bond acceptors (Lipinski definition) is 1. The van der Waals surface area contributed by atoms with Gasteiger partial charge in [-0.15, -0.1) is 0 Å². The zero-order valence-corrected chi connectivity index (χ0v) is 11.1. The van der Waals surface area contributed by atoms with E-state index in [1.807, 2.05) is 36.4 Å². The Balaban J connectivity index is 2.07. The Kier molecular flexibility index (Phi) is 3.46. The van der Waals surface area contributed by atoms with Gasteiger partial charge < -0.3 is 4.57 Å². The van der Waals surface area contributed by atoms with Crippen molar-refractivity contribution in [3.8, 4) is 0 Å². The van der Waals surface area contributed by atoms with Crippen molar-refractivity contribution < 1.29 is 4.79 Å². The maximum Gasteiger partial charge on any atom is 0.142 e. The molecular formula is C18H15NO. The third kappa shape index (κ3) is 2.41. The van der Waals surface area contributed by atoms with Crippen LogP contribution in [0.25, 0.3) is 17.0 Å². The van der Waals surface area contributed by atoms with E-state index in [0.29, 0.717) is 0 Å². The SMILES string of the molecule is O=C/C=C/c1cn(Cc2ccccc2)c2ccccc12. The van der Waals surface area contributed by atoms with Gasteiger partial charge in [-0.2, -0.15) is 0 Å². The Hall–Kier alpha value is -2.61. The number of fused-ring (bicyclic) bond motifs is 1. The van der Waals surface area contributed by atoms with Gasteiger partial charge in [0.15, 0.2) is 0 Å². The standard InChI is InChI=1S/C18H15NO/c20-12-6-9-16-14-19(13-15-7-2-1-3-8-15)18-11-5-4-10-17(16)18/h1-12,14H,13H2/b9-6+. The average molecular weight is 261 g/mol. The van der Waals surface area contributed by atoms with Crippen LogP contribution in [0.3, 0.4) is 0 Å². The monoisotopic (exact) mass is 261 g/mol. The van der Waals surface area contributed by atoms with Crippen LogP contribution in [0.2, 0.25) is 0 Å².